The summed E-state index contributed by atoms with van der Waals surface area (Å²) >= 11 is 0. The van der Waals surface area contributed by atoms with Crippen LogP contribution in [-0.2, 0) is 9.84 Å². The number of hydrogen-bond donors (Lipinski definition) is 0. The Morgan fingerprint density at radius 3 is 2.38 bits per heavy atom. The van der Waals surface area contributed by atoms with Crippen LogP contribution in [0, 0.1) is 11.6 Å². The molecule has 0 aromatic heterocycles. The summed E-state index contributed by atoms with van der Waals surface area (Å²) in [5.41, 5.74) is -0.544. The molecule has 0 saturated carbocycles. The molecule has 1 rings (SSSR count). The predicted octanol–water partition coefficient (Wildman–Crippen LogP) is 1.58. The molecule has 0 N–H and O–H groups in total. The van der Waals surface area contributed by atoms with Gasteiger partial charge in [0, 0.05) is 6.26 Å². The first kappa shape index (κ1) is 12.8. The van der Waals surface area contributed by atoms with Gasteiger partial charge in [0.15, 0.2) is 27.3 Å². The molecule has 0 aliphatic heterocycles. The zero-order valence-electron chi connectivity index (χ0n) is 8.70. The van der Waals surface area contributed by atoms with E-state index in [1.165, 1.54) is 0 Å². The molecule has 0 saturated heterocycles. The number of benzene rings is 1. The molecule has 0 heterocycles. The predicted molar refractivity (Wildman–Crippen MR) is 55.0 cm³/mol. The number of halogens is 2. The van der Waals surface area contributed by atoms with Crippen LogP contribution in [0.15, 0.2) is 18.2 Å². The lowest BCUT2D eigenvalue weighted by molar-refractivity contribution is 0.0987. The molecule has 3 nitrogen and oxygen atoms in total. The third-order valence-electron chi connectivity index (χ3n) is 2.23. The fraction of sp³-hybridized carbons (Fsp3) is 0.300. The van der Waals surface area contributed by atoms with Crippen molar-refractivity contribution in [1.29, 1.82) is 0 Å². The number of carbonyl (C=O) groups excluding carboxylic acids is 1. The topological polar surface area (TPSA) is 51.2 Å². The van der Waals surface area contributed by atoms with Gasteiger partial charge in [0.1, 0.15) is 5.25 Å². The SMILES string of the molecule is CC(C(=O)c1cccc(F)c1F)S(C)(=O)=O. The highest BCUT2D eigenvalue weighted by atomic mass is 32.2. The van der Waals surface area contributed by atoms with Crippen LogP contribution >= 0.6 is 0 Å². The van der Waals surface area contributed by atoms with Crippen molar-refractivity contribution in [2.75, 3.05) is 6.26 Å². The molecule has 0 bridgehead atoms. The van der Waals surface area contributed by atoms with Crippen LogP contribution < -0.4 is 0 Å². The highest BCUT2D eigenvalue weighted by molar-refractivity contribution is 7.92. The fourth-order valence-electron chi connectivity index (χ4n) is 1.11. The minimum atomic E-state index is -3.62. The summed E-state index contributed by atoms with van der Waals surface area (Å²) in [7, 11) is -3.62. The molecular weight excluding hydrogens is 238 g/mol. The Hall–Kier alpha value is -1.30. The Kier molecular flexibility index (Phi) is 3.42. The van der Waals surface area contributed by atoms with E-state index in [-0.39, 0.29) is 0 Å². The summed E-state index contributed by atoms with van der Waals surface area (Å²) in [5, 5.41) is -1.39. The molecule has 0 fully saturated rings. The quantitative estimate of drug-likeness (QED) is 0.763. The average molecular weight is 248 g/mol. The number of sulfone groups is 1. The van der Waals surface area contributed by atoms with Gasteiger partial charge in [-0.15, -0.1) is 0 Å². The molecule has 1 atom stereocenters. The maximum absolute atomic E-state index is 13.2. The lowest BCUT2D eigenvalue weighted by Crippen LogP contribution is -2.27. The average Bonchev–Trinajstić information content (AvgIpc) is 2.18. The van der Waals surface area contributed by atoms with Crippen LogP contribution in [0.1, 0.15) is 17.3 Å². The van der Waals surface area contributed by atoms with Crippen LogP contribution in [0.25, 0.3) is 0 Å². The molecule has 0 spiro atoms. The molecule has 88 valence electrons. The molecule has 16 heavy (non-hydrogen) atoms. The summed E-state index contributed by atoms with van der Waals surface area (Å²) in [5.74, 6) is -3.44. The summed E-state index contributed by atoms with van der Waals surface area (Å²) in [6, 6.07) is 3.07. The van der Waals surface area contributed by atoms with Crippen molar-refractivity contribution in [1.82, 2.24) is 0 Å². The lowest BCUT2D eigenvalue weighted by Gasteiger charge is -2.09. The summed E-state index contributed by atoms with van der Waals surface area (Å²) in [6.45, 7) is 1.14. The van der Waals surface area contributed by atoms with E-state index in [2.05, 4.69) is 0 Å². The maximum Gasteiger partial charge on any atom is 0.183 e. The van der Waals surface area contributed by atoms with Gasteiger partial charge in [0.25, 0.3) is 0 Å². The van der Waals surface area contributed by atoms with Crippen LogP contribution in [0.5, 0.6) is 0 Å². The summed E-state index contributed by atoms with van der Waals surface area (Å²) < 4.78 is 48.2. The minimum Gasteiger partial charge on any atom is -0.293 e. The van der Waals surface area contributed by atoms with Crippen LogP contribution in [-0.4, -0.2) is 25.7 Å². The van der Waals surface area contributed by atoms with Gasteiger partial charge in [0.2, 0.25) is 0 Å². The third kappa shape index (κ3) is 2.44. The molecular formula is C10H10F2O3S. The van der Waals surface area contributed by atoms with E-state index in [4.69, 9.17) is 0 Å². The van der Waals surface area contributed by atoms with E-state index in [1.54, 1.807) is 0 Å². The highest BCUT2D eigenvalue weighted by Gasteiger charge is 2.27. The third-order valence-corrected chi connectivity index (χ3v) is 3.73. The van der Waals surface area contributed by atoms with Gasteiger partial charge in [-0.05, 0) is 19.1 Å². The van der Waals surface area contributed by atoms with Crippen molar-refractivity contribution in [3.63, 3.8) is 0 Å². The largest absolute Gasteiger partial charge is 0.293 e. The van der Waals surface area contributed by atoms with E-state index in [0.717, 1.165) is 31.4 Å². The highest BCUT2D eigenvalue weighted by Crippen LogP contribution is 2.15. The van der Waals surface area contributed by atoms with Crippen molar-refractivity contribution >= 4 is 15.6 Å². The van der Waals surface area contributed by atoms with E-state index >= 15 is 0 Å². The molecule has 0 radical (unpaired) electrons. The first-order valence-corrected chi connectivity index (χ1v) is 6.37. The number of carbonyl (C=O) groups is 1. The molecule has 1 unspecified atom stereocenters. The lowest BCUT2D eigenvalue weighted by atomic mass is 10.1. The minimum absolute atomic E-state index is 0.544. The fourth-order valence-corrected chi connectivity index (χ4v) is 1.62. The Balaban J connectivity index is 3.21. The Bertz CT molecular complexity index is 523. The molecule has 0 aliphatic carbocycles. The van der Waals surface area contributed by atoms with Crippen molar-refractivity contribution in [3.05, 3.63) is 35.4 Å². The van der Waals surface area contributed by atoms with E-state index in [0.29, 0.717) is 0 Å². The first-order chi connectivity index (χ1) is 7.25. The normalized spacial score (nSPS) is 13.5. The maximum atomic E-state index is 13.2. The summed E-state index contributed by atoms with van der Waals surface area (Å²) in [4.78, 5) is 11.6. The number of rotatable bonds is 3. The number of Topliss-reactive ketones (excluding diaryl/α,β-unsaturated/α-hetero) is 1. The van der Waals surface area contributed by atoms with Gasteiger partial charge in [-0.25, -0.2) is 17.2 Å². The van der Waals surface area contributed by atoms with Gasteiger partial charge < -0.3 is 0 Å². The summed E-state index contributed by atoms with van der Waals surface area (Å²) in [6.07, 6.45) is 0.868. The van der Waals surface area contributed by atoms with Gasteiger partial charge in [-0.1, -0.05) is 6.07 Å². The van der Waals surface area contributed by atoms with E-state index in [1.807, 2.05) is 0 Å². The Morgan fingerprint density at radius 1 is 1.31 bits per heavy atom. The van der Waals surface area contributed by atoms with Gasteiger partial charge in [-0.2, -0.15) is 0 Å². The first-order valence-electron chi connectivity index (χ1n) is 4.42. The second-order valence-corrected chi connectivity index (χ2v) is 5.80. The van der Waals surface area contributed by atoms with Gasteiger partial charge in [0.05, 0.1) is 5.56 Å². The Labute approximate surface area is 92.0 Å². The van der Waals surface area contributed by atoms with Gasteiger partial charge in [-0.3, -0.25) is 4.79 Å². The van der Waals surface area contributed by atoms with Gasteiger partial charge >= 0.3 is 0 Å². The second kappa shape index (κ2) is 4.29. The van der Waals surface area contributed by atoms with Crippen molar-refractivity contribution in [2.24, 2.45) is 0 Å². The molecule has 1 aromatic carbocycles. The zero-order valence-corrected chi connectivity index (χ0v) is 9.51. The number of ketones is 1. The molecule has 0 aliphatic rings. The van der Waals surface area contributed by atoms with Crippen LogP contribution in [0.4, 0.5) is 8.78 Å². The molecule has 0 amide bonds. The van der Waals surface area contributed by atoms with E-state index < -0.39 is 38.1 Å². The zero-order chi connectivity index (χ0) is 12.5. The van der Waals surface area contributed by atoms with Crippen molar-refractivity contribution in [3.8, 4) is 0 Å². The van der Waals surface area contributed by atoms with Crippen molar-refractivity contribution < 1.29 is 22.0 Å². The second-order valence-electron chi connectivity index (χ2n) is 3.44. The standard InChI is InChI=1S/C10H10F2O3S/c1-6(16(2,14)15)10(13)7-4-3-5-8(11)9(7)12/h3-6H,1-2H3. The molecule has 6 heteroatoms. The van der Waals surface area contributed by atoms with Crippen LogP contribution in [0.2, 0.25) is 0 Å². The Morgan fingerprint density at radius 2 is 1.88 bits per heavy atom. The van der Waals surface area contributed by atoms with Crippen molar-refractivity contribution in [2.45, 2.75) is 12.2 Å². The van der Waals surface area contributed by atoms with Crippen LogP contribution in [0.3, 0.4) is 0 Å². The smallest absolute Gasteiger partial charge is 0.183 e. The van der Waals surface area contributed by atoms with E-state index in [9.17, 15) is 22.0 Å². The molecule has 1 aromatic rings. The monoisotopic (exact) mass is 248 g/mol. The number of hydrogen-bond acceptors (Lipinski definition) is 3.